The third-order valence-corrected chi connectivity index (χ3v) is 0.658. The van der Waals surface area contributed by atoms with Crippen molar-refractivity contribution in [3.63, 3.8) is 0 Å². The van der Waals surface area contributed by atoms with Crippen molar-refractivity contribution in [3.05, 3.63) is 6.92 Å². The number of halogens is 6. The summed E-state index contributed by atoms with van der Waals surface area (Å²) >= 11 is 0. The van der Waals surface area contributed by atoms with Gasteiger partial charge in [-0.1, -0.05) is 0 Å². The van der Waals surface area contributed by atoms with Gasteiger partial charge >= 0.3 is 6.18 Å². The Labute approximate surface area is 52.8 Å². The van der Waals surface area contributed by atoms with E-state index in [1.165, 1.54) is 0 Å². The summed E-state index contributed by atoms with van der Waals surface area (Å²) in [6.45, 7) is 1.71. The lowest BCUT2D eigenvalue weighted by Crippen LogP contribution is -2.39. The molecule has 0 saturated carbocycles. The van der Waals surface area contributed by atoms with Crippen LogP contribution in [0.4, 0.5) is 26.3 Å². The van der Waals surface area contributed by atoms with E-state index in [1.807, 2.05) is 0 Å². The molecule has 1 unspecified atom stereocenters. The summed E-state index contributed by atoms with van der Waals surface area (Å²) < 4.78 is 67.4. The van der Waals surface area contributed by atoms with E-state index in [2.05, 4.69) is 0 Å². The highest BCUT2D eigenvalue weighted by Gasteiger charge is 2.53. The topological polar surface area (TPSA) is 0 Å². The first-order chi connectivity index (χ1) is 4.15. The zero-order valence-electron chi connectivity index (χ0n) is 4.55. The van der Waals surface area contributed by atoms with Crippen LogP contribution in [0, 0.1) is 6.92 Å². The van der Waals surface area contributed by atoms with Crippen molar-refractivity contribution in [1.29, 1.82) is 0 Å². The summed E-state index contributed by atoms with van der Waals surface area (Å²) in [7, 11) is 0. The lowest BCUT2D eigenvalue weighted by molar-refractivity contribution is -0.231. The Morgan fingerprint density at radius 1 is 1.00 bits per heavy atom. The van der Waals surface area contributed by atoms with Crippen molar-refractivity contribution >= 4 is 0 Å². The first kappa shape index (κ1) is 9.58. The maximum absolute atomic E-state index is 11.5. The Morgan fingerprint density at radius 3 is 1.30 bits per heavy atom. The molecule has 0 aliphatic carbocycles. The van der Waals surface area contributed by atoms with E-state index in [4.69, 9.17) is 0 Å². The molecule has 0 aliphatic heterocycles. The van der Waals surface area contributed by atoms with E-state index in [0.717, 1.165) is 0 Å². The minimum Gasteiger partial charge on any atom is -0.231 e. The Hall–Kier alpha value is -0.420. The number of alkyl halides is 6. The predicted octanol–water partition coefficient (Wildman–Crippen LogP) is 2.36. The maximum atomic E-state index is 11.5. The summed E-state index contributed by atoms with van der Waals surface area (Å²) in [5, 5.41) is 0. The van der Waals surface area contributed by atoms with Gasteiger partial charge in [-0.25, -0.2) is 13.2 Å². The first-order valence-corrected chi connectivity index (χ1v) is 2.09. The van der Waals surface area contributed by atoms with Gasteiger partial charge < -0.3 is 0 Å². The molecule has 0 saturated heterocycles. The van der Waals surface area contributed by atoms with Crippen LogP contribution >= 0.6 is 0 Å². The summed E-state index contributed by atoms with van der Waals surface area (Å²) in [5.74, 6) is -4.60. The first-order valence-electron chi connectivity index (χ1n) is 2.09. The average molecular weight is 165 g/mol. The van der Waals surface area contributed by atoms with Crippen molar-refractivity contribution in [2.45, 2.75) is 18.3 Å². The van der Waals surface area contributed by atoms with E-state index >= 15 is 0 Å². The molecule has 1 radical (unpaired) electrons. The third kappa shape index (κ3) is 2.45. The Bertz CT molecular complexity index is 93.9. The highest BCUT2D eigenvalue weighted by atomic mass is 19.4. The van der Waals surface area contributed by atoms with Crippen LogP contribution in [-0.4, -0.2) is 18.3 Å². The molecule has 0 heterocycles. The summed E-state index contributed by atoms with van der Waals surface area (Å²) in [6, 6.07) is 0. The monoisotopic (exact) mass is 165 g/mol. The molecule has 0 aromatic heterocycles. The molecule has 1 atom stereocenters. The Balaban J connectivity index is 4.23. The summed E-state index contributed by atoms with van der Waals surface area (Å²) in [4.78, 5) is 0. The van der Waals surface area contributed by atoms with Crippen LogP contribution in [-0.2, 0) is 0 Å². The van der Waals surface area contributed by atoms with Gasteiger partial charge in [0.1, 0.15) is 0 Å². The average Bonchev–Trinajstić information content (AvgIpc) is 1.59. The van der Waals surface area contributed by atoms with Crippen molar-refractivity contribution in [2.24, 2.45) is 0 Å². The minimum atomic E-state index is -5.54. The molecule has 0 N–H and O–H groups in total. The fraction of sp³-hybridized carbons (Fsp3) is 0.750. The number of rotatable bonds is 1. The van der Waals surface area contributed by atoms with Gasteiger partial charge in [0.05, 0.1) is 0 Å². The molecule has 0 nitrogen and oxygen atoms in total. The molecule has 0 aliphatic rings. The van der Waals surface area contributed by atoms with Gasteiger partial charge in [-0.15, -0.1) is 0 Å². The fourth-order valence-corrected chi connectivity index (χ4v) is 0.239. The van der Waals surface area contributed by atoms with Gasteiger partial charge in [0.2, 0.25) is 0 Å². The van der Waals surface area contributed by atoms with E-state index in [9.17, 15) is 26.3 Å². The van der Waals surface area contributed by atoms with E-state index in [-0.39, 0.29) is 0 Å². The quantitative estimate of drug-likeness (QED) is 0.523. The molecule has 61 valence electrons. The highest BCUT2D eigenvalue weighted by molar-refractivity contribution is 4.84. The minimum absolute atomic E-state index is 1.71. The lowest BCUT2D eigenvalue weighted by atomic mass is 10.2. The van der Waals surface area contributed by atoms with Gasteiger partial charge in [-0.05, 0) is 0 Å². The molecular weight excluding hydrogens is 162 g/mol. The molecule has 0 amide bonds. The molecule has 0 bridgehead atoms. The number of hydrogen-bond acceptors (Lipinski definition) is 0. The van der Waals surface area contributed by atoms with Gasteiger partial charge in [0, 0.05) is 6.92 Å². The van der Waals surface area contributed by atoms with Gasteiger partial charge in [0.15, 0.2) is 0 Å². The fourth-order valence-electron chi connectivity index (χ4n) is 0.239. The van der Waals surface area contributed by atoms with Gasteiger partial charge in [0.25, 0.3) is 12.1 Å². The van der Waals surface area contributed by atoms with E-state index < -0.39 is 18.3 Å². The van der Waals surface area contributed by atoms with Crippen molar-refractivity contribution in [2.75, 3.05) is 0 Å². The summed E-state index contributed by atoms with van der Waals surface area (Å²) in [6.07, 6.45) is -9.72. The van der Waals surface area contributed by atoms with Crippen molar-refractivity contribution in [3.8, 4) is 0 Å². The van der Waals surface area contributed by atoms with E-state index in [1.54, 1.807) is 6.92 Å². The van der Waals surface area contributed by atoms with Gasteiger partial charge in [-0.3, -0.25) is 0 Å². The SMILES string of the molecule is [CH2]C(F)(F)C(F)C(F)(F)F. The standard InChI is InChI=1S/C4H3F6/c1-3(6,7)2(5)4(8,9)10/h2H,1H2. The Kier molecular flexibility index (Phi) is 2.22. The van der Waals surface area contributed by atoms with E-state index in [0.29, 0.717) is 0 Å². The van der Waals surface area contributed by atoms with Gasteiger partial charge in [-0.2, -0.15) is 13.2 Å². The molecule has 0 aromatic carbocycles. The molecule has 0 fully saturated rings. The smallest absolute Gasteiger partial charge is 0.231 e. The van der Waals surface area contributed by atoms with Crippen LogP contribution in [0.1, 0.15) is 0 Å². The largest absolute Gasteiger partial charge is 0.425 e. The zero-order valence-corrected chi connectivity index (χ0v) is 4.55. The van der Waals surface area contributed by atoms with Crippen LogP contribution in [0.25, 0.3) is 0 Å². The molecular formula is C4H3F6. The second-order valence-electron chi connectivity index (χ2n) is 1.67. The molecule has 0 rings (SSSR count). The second-order valence-corrected chi connectivity index (χ2v) is 1.67. The number of hydrogen-bond donors (Lipinski definition) is 0. The second kappa shape index (κ2) is 2.32. The summed E-state index contributed by atoms with van der Waals surface area (Å²) in [5.41, 5.74) is 0. The van der Waals surface area contributed by atoms with Crippen molar-refractivity contribution in [1.82, 2.24) is 0 Å². The van der Waals surface area contributed by atoms with Crippen LogP contribution in [0.3, 0.4) is 0 Å². The normalized spacial score (nSPS) is 17.1. The Morgan fingerprint density at radius 2 is 1.30 bits per heavy atom. The molecule has 10 heavy (non-hydrogen) atoms. The maximum Gasteiger partial charge on any atom is 0.425 e. The predicted molar refractivity (Wildman–Crippen MR) is 21.3 cm³/mol. The van der Waals surface area contributed by atoms with Crippen LogP contribution in [0.2, 0.25) is 0 Å². The molecule has 0 spiro atoms. The molecule has 0 aromatic rings. The zero-order chi connectivity index (χ0) is 8.58. The lowest BCUT2D eigenvalue weighted by Gasteiger charge is -2.17. The van der Waals surface area contributed by atoms with Crippen molar-refractivity contribution < 1.29 is 26.3 Å². The highest BCUT2D eigenvalue weighted by Crippen LogP contribution is 2.33. The van der Waals surface area contributed by atoms with Crippen LogP contribution < -0.4 is 0 Å². The third-order valence-electron chi connectivity index (χ3n) is 0.658. The van der Waals surface area contributed by atoms with Crippen LogP contribution in [0.15, 0.2) is 0 Å². The molecule has 6 heteroatoms. The van der Waals surface area contributed by atoms with Crippen LogP contribution in [0.5, 0.6) is 0 Å².